The topological polar surface area (TPSA) is 46.1 Å². The second-order valence-corrected chi connectivity index (χ2v) is 4.16. The Morgan fingerprint density at radius 1 is 1.50 bits per heavy atom. The van der Waals surface area contributed by atoms with Crippen molar-refractivity contribution in [3.05, 3.63) is 10.6 Å². The maximum absolute atomic E-state index is 11.9. The molecular formula is C9H13N3OS. The first kappa shape index (κ1) is 9.58. The van der Waals surface area contributed by atoms with Crippen LogP contribution in [0.1, 0.15) is 35.1 Å². The minimum Gasteiger partial charge on any atom is -0.338 e. The normalized spacial score (nSPS) is 16.2. The van der Waals surface area contributed by atoms with Crippen LogP contribution in [0.5, 0.6) is 0 Å². The van der Waals surface area contributed by atoms with Gasteiger partial charge in [0.2, 0.25) is 0 Å². The molecular weight excluding hydrogens is 198 g/mol. The van der Waals surface area contributed by atoms with Crippen molar-refractivity contribution < 1.29 is 4.79 Å². The van der Waals surface area contributed by atoms with E-state index in [4.69, 9.17) is 0 Å². The molecule has 1 amide bonds. The predicted molar refractivity (Wildman–Crippen MR) is 54.4 cm³/mol. The van der Waals surface area contributed by atoms with Gasteiger partial charge in [0, 0.05) is 13.1 Å². The molecule has 14 heavy (non-hydrogen) atoms. The van der Waals surface area contributed by atoms with Crippen LogP contribution in [-0.4, -0.2) is 33.5 Å². The first-order valence-electron chi connectivity index (χ1n) is 4.93. The molecule has 0 saturated carbocycles. The van der Waals surface area contributed by atoms with Crippen molar-refractivity contribution in [3.63, 3.8) is 0 Å². The van der Waals surface area contributed by atoms with Gasteiger partial charge in [-0.2, -0.15) is 0 Å². The van der Waals surface area contributed by atoms with Crippen LogP contribution >= 0.6 is 11.5 Å². The lowest BCUT2D eigenvalue weighted by Crippen LogP contribution is -2.27. The van der Waals surface area contributed by atoms with Crippen LogP contribution < -0.4 is 0 Å². The van der Waals surface area contributed by atoms with Crippen LogP contribution in [0.25, 0.3) is 0 Å². The van der Waals surface area contributed by atoms with Crippen LogP contribution in [0.2, 0.25) is 0 Å². The van der Waals surface area contributed by atoms with Gasteiger partial charge < -0.3 is 4.90 Å². The van der Waals surface area contributed by atoms with Crippen molar-refractivity contribution in [1.82, 2.24) is 14.5 Å². The highest BCUT2D eigenvalue weighted by Crippen LogP contribution is 2.17. The Bertz CT molecular complexity index is 331. The second-order valence-electron chi connectivity index (χ2n) is 3.40. The lowest BCUT2D eigenvalue weighted by molar-refractivity contribution is 0.0796. The lowest BCUT2D eigenvalue weighted by atomic mass is 10.3. The number of likely N-dealkylation sites (tertiary alicyclic amines) is 1. The summed E-state index contributed by atoms with van der Waals surface area (Å²) in [7, 11) is 0. The molecule has 2 heterocycles. The highest BCUT2D eigenvalue weighted by molar-refractivity contribution is 7.07. The average molecular weight is 211 g/mol. The molecule has 0 aromatic carbocycles. The van der Waals surface area contributed by atoms with Crippen LogP contribution in [0.4, 0.5) is 0 Å². The van der Waals surface area contributed by atoms with Gasteiger partial charge in [-0.25, -0.2) is 0 Å². The lowest BCUT2D eigenvalue weighted by Gasteiger charge is -2.13. The predicted octanol–water partition coefficient (Wildman–Crippen LogP) is 1.34. The van der Waals surface area contributed by atoms with Gasteiger partial charge in [-0.05, 0) is 30.8 Å². The summed E-state index contributed by atoms with van der Waals surface area (Å²) < 4.78 is 3.83. The molecule has 0 aliphatic carbocycles. The summed E-state index contributed by atoms with van der Waals surface area (Å²) in [5.74, 6) is 0.120. The Morgan fingerprint density at radius 3 is 2.86 bits per heavy atom. The maximum atomic E-state index is 11.9. The van der Waals surface area contributed by atoms with E-state index in [0.29, 0.717) is 0 Å². The molecule has 1 saturated heterocycles. The quantitative estimate of drug-likeness (QED) is 0.741. The van der Waals surface area contributed by atoms with E-state index in [-0.39, 0.29) is 5.91 Å². The van der Waals surface area contributed by atoms with Gasteiger partial charge in [-0.3, -0.25) is 4.79 Å². The van der Waals surface area contributed by atoms with E-state index in [1.807, 2.05) is 11.8 Å². The number of nitrogens with zero attached hydrogens (tertiary/aromatic N) is 3. The smallest absolute Gasteiger partial charge is 0.267 e. The SMILES string of the molecule is CCc1nnsc1C(=O)N1CCCC1. The molecule has 1 aliphatic heterocycles. The van der Waals surface area contributed by atoms with Crippen molar-refractivity contribution in [2.45, 2.75) is 26.2 Å². The molecule has 0 bridgehead atoms. The van der Waals surface area contributed by atoms with Crippen LogP contribution in [0.15, 0.2) is 0 Å². The molecule has 5 heteroatoms. The zero-order valence-corrected chi connectivity index (χ0v) is 9.01. The number of aryl methyl sites for hydroxylation is 1. The van der Waals surface area contributed by atoms with Crippen LogP contribution in [0.3, 0.4) is 0 Å². The van der Waals surface area contributed by atoms with Crippen molar-refractivity contribution in [1.29, 1.82) is 0 Å². The number of hydrogen-bond donors (Lipinski definition) is 0. The number of aromatic nitrogens is 2. The summed E-state index contributed by atoms with van der Waals surface area (Å²) in [6, 6.07) is 0. The number of carbonyl (C=O) groups is 1. The summed E-state index contributed by atoms with van der Waals surface area (Å²) >= 11 is 1.22. The van der Waals surface area contributed by atoms with Gasteiger partial charge >= 0.3 is 0 Å². The fraction of sp³-hybridized carbons (Fsp3) is 0.667. The van der Waals surface area contributed by atoms with Gasteiger partial charge in [0.1, 0.15) is 4.88 Å². The largest absolute Gasteiger partial charge is 0.338 e. The van der Waals surface area contributed by atoms with E-state index in [1.165, 1.54) is 11.5 Å². The Labute approximate surface area is 87.1 Å². The number of hydrogen-bond acceptors (Lipinski definition) is 4. The summed E-state index contributed by atoms with van der Waals surface area (Å²) in [5.41, 5.74) is 0.840. The van der Waals surface area contributed by atoms with Crippen molar-refractivity contribution in [2.75, 3.05) is 13.1 Å². The molecule has 1 aliphatic rings. The molecule has 1 fully saturated rings. The highest BCUT2D eigenvalue weighted by Gasteiger charge is 2.23. The average Bonchev–Trinajstić information content (AvgIpc) is 2.87. The third-order valence-electron chi connectivity index (χ3n) is 2.48. The molecule has 0 unspecified atom stereocenters. The third kappa shape index (κ3) is 1.64. The van der Waals surface area contributed by atoms with E-state index in [0.717, 1.165) is 42.9 Å². The fourth-order valence-electron chi connectivity index (χ4n) is 1.67. The first-order chi connectivity index (χ1) is 6.83. The van der Waals surface area contributed by atoms with Crippen LogP contribution in [0, 0.1) is 0 Å². The monoisotopic (exact) mass is 211 g/mol. The summed E-state index contributed by atoms with van der Waals surface area (Å²) in [5, 5.41) is 3.95. The Kier molecular flexibility index (Phi) is 2.77. The molecule has 1 aromatic rings. The summed E-state index contributed by atoms with van der Waals surface area (Å²) in [6.45, 7) is 3.78. The minimum absolute atomic E-state index is 0.120. The molecule has 1 aromatic heterocycles. The minimum atomic E-state index is 0.120. The zero-order valence-electron chi connectivity index (χ0n) is 8.19. The summed E-state index contributed by atoms with van der Waals surface area (Å²) in [6.07, 6.45) is 3.03. The molecule has 0 N–H and O–H groups in total. The van der Waals surface area contributed by atoms with E-state index >= 15 is 0 Å². The van der Waals surface area contributed by atoms with E-state index < -0.39 is 0 Å². The highest BCUT2D eigenvalue weighted by atomic mass is 32.1. The molecule has 0 atom stereocenters. The molecule has 4 nitrogen and oxygen atoms in total. The van der Waals surface area contributed by atoms with E-state index in [1.54, 1.807) is 0 Å². The summed E-state index contributed by atoms with van der Waals surface area (Å²) in [4.78, 5) is 14.6. The Morgan fingerprint density at radius 2 is 2.21 bits per heavy atom. The second kappa shape index (κ2) is 4.04. The zero-order chi connectivity index (χ0) is 9.97. The van der Waals surface area contributed by atoms with Gasteiger partial charge in [-0.1, -0.05) is 11.4 Å². The number of rotatable bonds is 2. The van der Waals surface area contributed by atoms with E-state index in [2.05, 4.69) is 9.59 Å². The number of carbonyl (C=O) groups excluding carboxylic acids is 1. The van der Waals surface area contributed by atoms with Crippen molar-refractivity contribution >= 4 is 17.4 Å². The Balaban J connectivity index is 2.17. The molecule has 2 rings (SSSR count). The van der Waals surface area contributed by atoms with E-state index in [9.17, 15) is 4.79 Å². The van der Waals surface area contributed by atoms with Gasteiger partial charge in [-0.15, -0.1) is 5.10 Å². The Hall–Kier alpha value is -0.970. The molecule has 0 spiro atoms. The van der Waals surface area contributed by atoms with Crippen molar-refractivity contribution in [3.8, 4) is 0 Å². The molecule has 76 valence electrons. The maximum Gasteiger partial charge on any atom is 0.267 e. The number of amides is 1. The molecule has 0 radical (unpaired) electrons. The van der Waals surface area contributed by atoms with Gasteiger partial charge in [0.25, 0.3) is 5.91 Å². The standard InChI is InChI=1S/C9H13N3OS/c1-2-7-8(14-11-10-7)9(13)12-5-3-4-6-12/h2-6H2,1H3. The third-order valence-corrected chi connectivity index (χ3v) is 3.23. The first-order valence-corrected chi connectivity index (χ1v) is 5.70. The van der Waals surface area contributed by atoms with Crippen molar-refractivity contribution in [2.24, 2.45) is 0 Å². The van der Waals surface area contributed by atoms with Gasteiger partial charge in [0.15, 0.2) is 0 Å². The van der Waals surface area contributed by atoms with Gasteiger partial charge in [0.05, 0.1) is 5.69 Å². The van der Waals surface area contributed by atoms with Crippen LogP contribution in [-0.2, 0) is 6.42 Å². The fourth-order valence-corrected chi connectivity index (χ4v) is 2.38.